The first-order valence-electron chi connectivity index (χ1n) is 11.6. The van der Waals surface area contributed by atoms with Gasteiger partial charge in [0.15, 0.2) is 5.16 Å². The van der Waals surface area contributed by atoms with E-state index in [9.17, 15) is 14.4 Å². The Hall–Kier alpha value is -3.91. The first-order chi connectivity index (χ1) is 17.3. The molecular formula is C28H27N3O4S. The summed E-state index contributed by atoms with van der Waals surface area (Å²) in [6, 6.07) is 21.5. The zero-order valence-electron chi connectivity index (χ0n) is 20.5. The van der Waals surface area contributed by atoms with Crippen LogP contribution in [0.25, 0.3) is 16.6 Å². The summed E-state index contributed by atoms with van der Waals surface area (Å²) in [5.74, 6) is -0.471. The summed E-state index contributed by atoms with van der Waals surface area (Å²) < 4.78 is 6.31. The van der Waals surface area contributed by atoms with Crippen LogP contribution in [0.2, 0.25) is 0 Å². The molecule has 4 aromatic rings. The highest BCUT2D eigenvalue weighted by atomic mass is 32.2. The van der Waals surface area contributed by atoms with Crippen molar-refractivity contribution in [3.8, 4) is 5.69 Å². The fraction of sp³-hybridized carbons (Fsp3) is 0.214. The Morgan fingerprint density at radius 2 is 1.67 bits per heavy atom. The van der Waals surface area contributed by atoms with Crippen LogP contribution in [0.4, 0.5) is 5.69 Å². The lowest BCUT2D eigenvalue weighted by Crippen LogP contribution is -2.26. The van der Waals surface area contributed by atoms with Crippen LogP contribution in [-0.2, 0) is 9.53 Å². The second kappa shape index (κ2) is 10.8. The van der Waals surface area contributed by atoms with Gasteiger partial charge in [0.2, 0.25) is 5.91 Å². The highest BCUT2D eigenvalue weighted by molar-refractivity contribution is 8.00. The number of hydrogen-bond acceptors (Lipinski definition) is 6. The van der Waals surface area contributed by atoms with Crippen molar-refractivity contribution in [2.45, 2.75) is 37.1 Å². The Balaban J connectivity index is 1.75. The van der Waals surface area contributed by atoms with Crippen molar-refractivity contribution in [1.82, 2.24) is 9.55 Å². The molecule has 7 nitrogen and oxygen atoms in total. The van der Waals surface area contributed by atoms with Crippen LogP contribution in [0.15, 0.2) is 82.7 Å². The number of esters is 1. The number of aromatic nitrogens is 2. The number of nitrogens with one attached hydrogen (secondary N) is 1. The van der Waals surface area contributed by atoms with Crippen molar-refractivity contribution < 1.29 is 14.3 Å². The Bertz CT molecular complexity index is 1480. The highest BCUT2D eigenvalue weighted by Gasteiger charge is 2.22. The zero-order valence-corrected chi connectivity index (χ0v) is 21.3. The van der Waals surface area contributed by atoms with Crippen LogP contribution in [0.3, 0.4) is 0 Å². The predicted molar refractivity (Wildman–Crippen MR) is 143 cm³/mol. The largest absolute Gasteiger partial charge is 0.465 e. The number of hydrogen-bond donors (Lipinski definition) is 1. The molecule has 0 aliphatic heterocycles. The van der Waals surface area contributed by atoms with Crippen LogP contribution < -0.4 is 10.9 Å². The molecule has 1 heterocycles. The van der Waals surface area contributed by atoms with Gasteiger partial charge in [-0.05, 0) is 54.8 Å². The summed E-state index contributed by atoms with van der Waals surface area (Å²) in [7, 11) is 1.30. The van der Waals surface area contributed by atoms with E-state index in [4.69, 9.17) is 9.72 Å². The van der Waals surface area contributed by atoms with Gasteiger partial charge in [-0.2, -0.15) is 0 Å². The third-order valence-corrected chi connectivity index (χ3v) is 6.82. The molecular weight excluding hydrogens is 474 g/mol. The highest BCUT2D eigenvalue weighted by Crippen LogP contribution is 2.28. The van der Waals surface area contributed by atoms with Crippen LogP contribution in [0.5, 0.6) is 0 Å². The fourth-order valence-electron chi connectivity index (χ4n) is 3.85. The van der Waals surface area contributed by atoms with E-state index in [-0.39, 0.29) is 17.4 Å². The van der Waals surface area contributed by atoms with Gasteiger partial charge in [-0.25, -0.2) is 9.78 Å². The summed E-state index contributed by atoms with van der Waals surface area (Å²) in [6.07, 6.45) is 0. The SMILES string of the molecule is COC(=O)c1ccc2c(=O)n(-c3ccccc3)c(S[C@@H](C)C(=O)Nc3ccccc3C(C)C)nc2c1. The Morgan fingerprint density at radius 3 is 2.36 bits per heavy atom. The number of methoxy groups -OCH3 is 1. The van der Waals surface area contributed by atoms with Gasteiger partial charge in [0.1, 0.15) is 0 Å². The van der Waals surface area contributed by atoms with E-state index < -0.39 is 11.2 Å². The Labute approximate surface area is 213 Å². The van der Waals surface area contributed by atoms with Crippen molar-refractivity contribution in [3.63, 3.8) is 0 Å². The average molecular weight is 502 g/mol. The van der Waals surface area contributed by atoms with Gasteiger partial charge in [0.05, 0.1) is 34.5 Å². The lowest BCUT2D eigenvalue weighted by molar-refractivity contribution is -0.115. The number of benzene rings is 3. The maximum atomic E-state index is 13.6. The molecule has 0 saturated heterocycles. The van der Waals surface area contributed by atoms with E-state index >= 15 is 0 Å². The zero-order chi connectivity index (χ0) is 25.8. The van der Waals surface area contributed by atoms with Gasteiger partial charge in [0, 0.05) is 5.69 Å². The van der Waals surface area contributed by atoms with Gasteiger partial charge in [-0.15, -0.1) is 0 Å². The minimum absolute atomic E-state index is 0.203. The van der Waals surface area contributed by atoms with E-state index in [0.29, 0.717) is 27.3 Å². The molecule has 1 atom stereocenters. The molecule has 4 rings (SSSR count). The van der Waals surface area contributed by atoms with Crippen molar-refractivity contribution in [2.24, 2.45) is 0 Å². The number of rotatable bonds is 7. The topological polar surface area (TPSA) is 90.3 Å². The first kappa shape index (κ1) is 25.2. The lowest BCUT2D eigenvalue weighted by atomic mass is 10.0. The van der Waals surface area contributed by atoms with Crippen LogP contribution >= 0.6 is 11.8 Å². The molecule has 0 aliphatic rings. The second-order valence-electron chi connectivity index (χ2n) is 8.59. The molecule has 0 fully saturated rings. The molecule has 0 saturated carbocycles. The van der Waals surface area contributed by atoms with Crippen LogP contribution in [0.1, 0.15) is 42.6 Å². The molecule has 0 bridgehead atoms. The van der Waals surface area contributed by atoms with Gasteiger partial charge in [-0.1, -0.05) is 62.0 Å². The molecule has 1 aromatic heterocycles. The molecule has 184 valence electrons. The van der Waals surface area contributed by atoms with Crippen LogP contribution in [-0.4, -0.2) is 33.8 Å². The van der Waals surface area contributed by atoms with E-state index in [1.807, 2.05) is 54.6 Å². The molecule has 1 amide bonds. The quantitative estimate of drug-likeness (QED) is 0.207. The Kier molecular flexibility index (Phi) is 7.55. The number of fused-ring (bicyclic) bond motifs is 1. The lowest BCUT2D eigenvalue weighted by Gasteiger charge is -2.18. The maximum Gasteiger partial charge on any atom is 0.337 e. The van der Waals surface area contributed by atoms with E-state index in [0.717, 1.165) is 11.3 Å². The summed E-state index contributed by atoms with van der Waals surface area (Å²) >= 11 is 1.18. The van der Waals surface area contributed by atoms with Crippen molar-refractivity contribution in [3.05, 3.63) is 94.3 Å². The second-order valence-corrected chi connectivity index (χ2v) is 9.89. The monoisotopic (exact) mass is 501 g/mol. The number of ether oxygens (including phenoxy) is 1. The van der Waals surface area contributed by atoms with Gasteiger partial charge in [-0.3, -0.25) is 14.2 Å². The number of anilines is 1. The summed E-state index contributed by atoms with van der Waals surface area (Å²) in [6.45, 7) is 5.92. The maximum absolute atomic E-state index is 13.6. The minimum atomic E-state index is -0.562. The molecule has 36 heavy (non-hydrogen) atoms. The molecule has 0 unspecified atom stereocenters. The first-order valence-corrected chi connectivity index (χ1v) is 12.4. The molecule has 0 aliphatic carbocycles. The van der Waals surface area contributed by atoms with Crippen LogP contribution in [0, 0.1) is 0 Å². The molecule has 0 radical (unpaired) electrons. The van der Waals surface area contributed by atoms with Crippen molar-refractivity contribution in [2.75, 3.05) is 12.4 Å². The fourth-order valence-corrected chi connectivity index (χ4v) is 4.78. The van der Waals surface area contributed by atoms with E-state index in [1.54, 1.807) is 19.1 Å². The minimum Gasteiger partial charge on any atom is -0.465 e. The molecule has 0 spiro atoms. The molecule has 3 aromatic carbocycles. The third-order valence-electron chi connectivity index (χ3n) is 5.77. The van der Waals surface area contributed by atoms with E-state index in [1.165, 1.54) is 29.5 Å². The molecule has 8 heteroatoms. The normalized spacial score (nSPS) is 11.9. The van der Waals surface area contributed by atoms with Gasteiger partial charge in [0.25, 0.3) is 5.56 Å². The smallest absolute Gasteiger partial charge is 0.337 e. The molecule has 1 N–H and O–H groups in total. The van der Waals surface area contributed by atoms with Crippen molar-refractivity contribution >= 4 is 40.2 Å². The number of thioether (sulfide) groups is 1. The average Bonchev–Trinajstić information content (AvgIpc) is 2.88. The number of para-hydroxylation sites is 2. The third kappa shape index (κ3) is 5.18. The van der Waals surface area contributed by atoms with E-state index in [2.05, 4.69) is 19.2 Å². The number of nitrogens with zero attached hydrogens (tertiary/aromatic N) is 2. The predicted octanol–water partition coefficient (Wildman–Crippen LogP) is 5.42. The number of amides is 1. The standard InChI is InChI=1S/C28H27N3O4S/c1-17(2)21-12-8-9-13-23(21)29-25(32)18(3)36-28-30-24-16-19(27(34)35-4)14-15-22(24)26(33)31(28)20-10-6-5-7-11-20/h5-18H,1-4H3,(H,29,32)/t18-/m0/s1. The number of carbonyl (C=O) groups excluding carboxylic acids is 2. The Morgan fingerprint density at radius 1 is 0.972 bits per heavy atom. The van der Waals surface area contributed by atoms with Gasteiger partial charge < -0.3 is 10.1 Å². The summed E-state index contributed by atoms with van der Waals surface area (Å²) in [5, 5.41) is 3.16. The number of carbonyl (C=O) groups is 2. The van der Waals surface area contributed by atoms with Gasteiger partial charge >= 0.3 is 5.97 Å². The summed E-state index contributed by atoms with van der Waals surface area (Å²) in [5.41, 5.74) is 2.80. The summed E-state index contributed by atoms with van der Waals surface area (Å²) in [4.78, 5) is 43.5. The van der Waals surface area contributed by atoms with Crippen molar-refractivity contribution in [1.29, 1.82) is 0 Å².